The molecule has 1 aliphatic carbocycles. The van der Waals surface area contributed by atoms with Crippen molar-refractivity contribution in [2.45, 2.75) is 25.7 Å². The summed E-state index contributed by atoms with van der Waals surface area (Å²) in [7, 11) is 3.22. The maximum absolute atomic E-state index is 12.0. The minimum absolute atomic E-state index is 0.0269. The molecule has 1 saturated carbocycles. The second-order valence-corrected chi connectivity index (χ2v) is 6.28. The quantitative estimate of drug-likeness (QED) is 0.554. The lowest BCUT2D eigenvalue weighted by Gasteiger charge is -2.14. The molecule has 1 aromatic heterocycles. The third-order valence-corrected chi connectivity index (χ3v) is 4.12. The highest BCUT2D eigenvalue weighted by molar-refractivity contribution is 5.93. The fourth-order valence-corrected chi connectivity index (χ4v) is 2.45. The lowest BCUT2D eigenvalue weighted by molar-refractivity contribution is -0.131. The van der Waals surface area contributed by atoms with Gasteiger partial charge in [-0.2, -0.15) is 0 Å². The summed E-state index contributed by atoms with van der Waals surface area (Å²) >= 11 is 0. The molecule has 0 saturated heterocycles. The number of nitrogens with zero attached hydrogens (tertiary/aromatic N) is 1. The number of likely N-dealkylation sites (N-methyl/N-ethyl adjacent to an activating group) is 1. The van der Waals surface area contributed by atoms with Crippen LogP contribution in [0.15, 0.2) is 22.6 Å². The predicted molar refractivity (Wildman–Crippen MR) is 91.4 cm³/mol. The van der Waals surface area contributed by atoms with Crippen molar-refractivity contribution in [2.75, 3.05) is 33.9 Å². The van der Waals surface area contributed by atoms with E-state index in [-0.39, 0.29) is 18.4 Å². The Bertz CT molecular complexity index is 594. The Balaban J connectivity index is 1.74. The molecule has 0 aliphatic heterocycles. The van der Waals surface area contributed by atoms with E-state index in [1.807, 2.05) is 12.1 Å². The molecule has 0 aromatic carbocycles. The number of nitrogens with one attached hydrogen (secondary N) is 1. The summed E-state index contributed by atoms with van der Waals surface area (Å²) in [5, 5.41) is 2.75. The van der Waals surface area contributed by atoms with E-state index in [0.717, 1.165) is 18.6 Å². The zero-order valence-corrected chi connectivity index (χ0v) is 14.6. The summed E-state index contributed by atoms with van der Waals surface area (Å²) in [6.07, 6.45) is 4.99. The maximum Gasteiger partial charge on any atom is 0.246 e. The minimum atomic E-state index is -0.236. The fraction of sp³-hybridized carbons (Fsp3) is 0.556. The van der Waals surface area contributed by atoms with Crippen LogP contribution in [0, 0.1) is 5.92 Å². The number of rotatable bonds is 9. The molecule has 1 heterocycles. The van der Waals surface area contributed by atoms with Gasteiger partial charge in [0.1, 0.15) is 11.5 Å². The first-order valence-electron chi connectivity index (χ1n) is 8.29. The van der Waals surface area contributed by atoms with Crippen LogP contribution < -0.4 is 5.32 Å². The Kier molecular flexibility index (Phi) is 6.61. The van der Waals surface area contributed by atoms with Crippen molar-refractivity contribution in [1.82, 2.24) is 10.2 Å². The topological polar surface area (TPSA) is 71.8 Å². The number of hydrogen-bond donors (Lipinski definition) is 1. The lowest BCUT2D eigenvalue weighted by atomic mass is 10.3. The fourth-order valence-electron chi connectivity index (χ4n) is 2.45. The average Bonchev–Trinajstić information content (AvgIpc) is 3.10. The van der Waals surface area contributed by atoms with Crippen LogP contribution in [0.4, 0.5) is 0 Å². The first-order chi connectivity index (χ1) is 11.5. The normalized spacial score (nSPS) is 19.5. The van der Waals surface area contributed by atoms with Gasteiger partial charge in [0.25, 0.3) is 0 Å². The third kappa shape index (κ3) is 5.53. The van der Waals surface area contributed by atoms with Gasteiger partial charge in [0, 0.05) is 39.3 Å². The summed E-state index contributed by atoms with van der Waals surface area (Å²) in [4.78, 5) is 25.1. The lowest BCUT2D eigenvalue weighted by Crippen LogP contribution is -2.38. The molecular weight excluding hydrogens is 308 g/mol. The van der Waals surface area contributed by atoms with E-state index in [1.165, 1.54) is 11.0 Å². The predicted octanol–water partition coefficient (Wildman–Crippen LogP) is 2.03. The van der Waals surface area contributed by atoms with Crippen LogP contribution in [0.2, 0.25) is 0 Å². The second kappa shape index (κ2) is 8.68. The largest absolute Gasteiger partial charge is 0.461 e. The standard InChI is InChI=1S/C18H26N2O4/c1-13-11-15(13)16-7-5-14(24-16)6-8-18(22)20(2)12-17(21)19-9-4-10-23-3/h5-8,13,15H,4,9-12H2,1-3H3,(H,19,21)/b8-6+. The first-order valence-corrected chi connectivity index (χ1v) is 8.29. The van der Waals surface area contributed by atoms with E-state index in [9.17, 15) is 9.59 Å². The molecule has 2 rings (SSSR count). The molecule has 1 N–H and O–H groups in total. The third-order valence-electron chi connectivity index (χ3n) is 4.12. The Morgan fingerprint density at radius 3 is 2.88 bits per heavy atom. The van der Waals surface area contributed by atoms with Crippen LogP contribution in [-0.4, -0.2) is 50.6 Å². The second-order valence-electron chi connectivity index (χ2n) is 6.28. The van der Waals surface area contributed by atoms with Gasteiger partial charge in [-0.05, 0) is 37.0 Å². The Labute approximate surface area is 142 Å². The molecule has 2 unspecified atom stereocenters. The number of hydrogen-bond acceptors (Lipinski definition) is 4. The Morgan fingerprint density at radius 2 is 2.21 bits per heavy atom. The first kappa shape index (κ1) is 18.3. The van der Waals surface area contributed by atoms with E-state index in [2.05, 4.69) is 12.2 Å². The number of ether oxygens (including phenoxy) is 1. The number of amides is 2. The van der Waals surface area contributed by atoms with Gasteiger partial charge in [0.15, 0.2) is 0 Å². The van der Waals surface area contributed by atoms with E-state index >= 15 is 0 Å². The zero-order chi connectivity index (χ0) is 17.5. The number of carbonyl (C=O) groups is 2. The highest BCUT2D eigenvalue weighted by Crippen LogP contribution is 2.47. The van der Waals surface area contributed by atoms with Gasteiger partial charge in [-0.15, -0.1) is 0 Å². The molecule has 6 heteroatoms. The zero-order valence-electron chi connectivity index (χ0n) is 14.6. The highest BCUT2D eigenvalue weighted by atomic mass is 16.5. The van der Waals surface area contributed by atoms with Crippen LogP contribution in [0.1, 0.15) is 37.2 Å². The van der Waals surface area contributed by atoms with Gasteiger partial charge < -0.3 is 19.4 Å². The number of furan rings is 1. The van der Waals surface area contributed by atoms with Crippen molar-refractivity contribution in [3.05, 3.63) is 29.7 Å². The van der Waals surface area contributed by atoms with E-state index in [4.69, 9.17) is 9.15 Å². The molecule has 1 aromatic rings. The maximum atomic E-state index is 12.0. The molecule has 132 valence electrons. The van der Waals surface area contributed by atoms with Gasteiger partial charge in [0.2, 0.25) is 11.8 Å². The minimum Gasteiger partial charge on any atom is -0.461 e. The molecule has 0 spiro atoms. The molecule has 2 atom stereocenters. The molecular formula is C18H26N2O4. The van der Waals surface area contributed by atoms with E-state index < -0.39 is 0 Å². The van der Waals surface area contributed by atoms with Crippen molar-refractivity contribution in [1.29, 1.82) is 0 Å². The smallest absolute Gasteiger partial charge is 0.246 e. The molecule has 0 radical (unpaired) electrons. The van der Waals surface area contributed by atoms with E-state index in [0.29, 0.717) is 30.7 Å². The Morgan fingerprint density at radius 1 is 1.46 bits per heavy atom. The van der Waals surface area contributed by atoms with Gasteiger partial charge in [-0.1, -0.05) is 6.92 Å². The molecule has 1 aliphatic rings. The van der Waals surface area contributed by atoms with Crippen LogP contribution in [-0.2, 0) is 14.3 Å². The van der Waals surface area contributed by atoms with Crippen molar-refractivity contribution in [3.8, 4) is 0 Å². The van der Waals surface area contributed by atoms with Crippen LogP contribution in [0.5, 0.6) is 0 Å². The van der Waals surface area contributed by atoms with Crippen molar-refractivity contribution < 1.29 is 18.7 Å². The monoisotopic (exact) mass is 334 g/mol. The van der Waals surface area contributed by atoms with Crippen LogP contribution in [0.3, 0.4) is 0 Å². The summed E-state index contributed by atoms with van der Waals surface area (Å²) in [6, 6.07) is 3.84. The summed E-state index contributed by atoms with van der Waals surface area (Å²) in [5.74, 6) is 2.43. The summed E-state index contributed by atoms with van der Waals surface area (Å²) in [5.41, 5.74) is 0. The van der Waals surface area contributed by atoms with Crippen LogP contribution >= 0.6 is 0 Å². The Hall–Kier alpha value is -2.08. The molecule has 24 heavy (non-hydrogen) atoms. The molecule has 0 bridgehead atoms. The molecule has 2 amide bonds. The van der Waals surface area contributed by atoms with Gasteiger partial charge >= 0.3 is 0 Å². The summed E-state index contributed by atoms with van der Waals surface area (Å²) in [6.45, 7) is 3.36. The van der Waals surface area contributed by atoms with Crippen molar-refractivity contribution in [3.63, 3.8) is 0 Å². The van der Waals surface area contributed by atoms with Crippen LogP contribution in [0.25, 0.3) is 6.08 Å². The average molecular weight is 334 g/mol. The van der Waals surface area contributed by atoms with Gasteiger partial charge in [-0.3, -0.25) is 9.59 Å². The SMILES string of the molecule is COCCCNC(=O)CN(C)C(=O)/C=C/c1ccc(C2CC2C)o1. The van der Waals surface area contributed by atoms with E-state index in [1.54, 1.807) is 20.2 Å². The molecule has 1 fully saturated rings. The summed E-state index contributed by atoms with van der Waals surface area (Å²) < 4.78 is 10.6. The van der Waals surface area contributed by atoms with Crippen molar-refractivity contribution in [2.24, 2.45) is 5.92 Å². The number of carbonyl (C=O) groups excluding carboxylic acids is 2. The molecule has 6 nitrogen and oxygen atoms in total. The van der Waals surface area contributed by atoms with Gasteiger partial charge in [0.05, 0.1) is 6.54 Å². The van der Waals surface area contributed by atoms with Gasteiger partial charge in [-0.25, -0.2) is 0 Å². The van der Waals surface area contributed by atoms with Crippen molar-refractivity contribution >= 4 is 17.9 Å². The highest BCUT2D eigenvalue weighted by Gasteiger charge is 2.36. The number of methoxy groups -OCH3 is 1.